The topological polar surface area (TPSA) is 260 Å². The molecule has 9 aromatic rings. The van der Waals surface area contributed by atoms with Crippen LogP contribution in [0.15, 0.2) is 222 Å². The van der Waals surface area contributed by atoms with E-state index in [0.717, 1.165) is 82.5 Å². The first-order valence-electron chi connectivity index (χ1n) is 29.8. The molecule has 27 heteroatoms. The monoisotopic (exact) mass is 1630 g/mol. The third kappa shape index (κ3) is 34.2. The van der Waals surface area contributed by atoms with Crippen LogP contribution in [0, 0.1) is 18.6 Å². The van der Waals surface area contributed by atoms with Crippen LogP contribution in [0.1, 0.15) is 104 Å². The lowest BCUT2D eigenvalue weighted by molar-refractivity contribution is 0.567. The van der Waals surface area contributed by atoms with Crippen molar-refractivity contribution in [2.24, 2.45) is 25.6 Å². The average molecular weight is 1630 g/mol. The van der Waals surface area contributed by atoms with Crippen LogP contribution in [-0.2, 0) is 85.4 Å². The molecule has 0 unspecified atom stereocenters. The van der Waals surface area contributed by atoms with Gasteiger partial charge in [0.25, 0.3) is 9.05 Å². The number of nitrogens with zero attached hydrogens (tertiary/aromatic N) is 4. The van der Waals surface area contributed by atoms with Gasteiger partial charge in [0.1, 0.15) is 11.6 Å². The lowest BCUT2D eigenvalue weighted by Gasteiger charge is -2.13. The van der Waals surface area contributed by atoms with E-state index in [2.05, 4.69) is 96.2 Å². The van der Waals surface area contributed by atoms with Crippen LogP contribution in [0.4, 0.5) is 8.78 Å². The quantitative estimate of drug-likeness (QED) is 0.0503. The van der Waals surface area contributed by atoms with Gasteiger partial charge >= 0.3 is 0 Å². The molecule has 0 amide bonds. The van der Waals surface area contributed by atoms with Crippen molar-refractivity contribution in [2.45, 2.75) is 153 Å². The van der Waals surface area contributed by atoms with Gasteiger partial charge in [0.05, 0.1) is 52.6 Å². The lowest BCUT2D eigenvalue weighted by atomic mass is 9.98. The van der Waals surface area contributed by atoms with Gasteiger partial charge < -0.3 is 20.6 Å². The minimum atomic E-state index is -3.77. The van der Waals surface area contributed by atoms with Crippen LogP contribution >= 0.6 is 58.5 Å². The maximum Gasteiger partial charge on any atom is 0.261 e. The van der Waals surface area contributed by atoms with Gasteiger partial charge in [0, 0.05) is 71.9 Å². The summed E-state index contributed by atoms with van der Waals surface area (Å²) in [6, 6.07) is 47.7. The molecule has 7 aromatic carbocycles. The number of hydrogen-bond acceptors (Lipinski definition) is 12. The molecule has 2 heterocycles. The molecular formula is C70H93Br3ClF2N9O8S4. The highest BCUT2D eigenvalue weighted by atomic mass is 79.9. The number of sulfonamides is 3. The van der Waals surface area contributed by atoms with Gasteiger partial charge in [-0.15, -0.1) is 0 Å². The molecular weight excluding hydrogens is 1540 g/mol. The molecule has 97 heavy (non-hydrogen) atoms. The van der Waals surface area contributed by atoms with Crippen molar-refractivity contribution in [3.8, 4) is 11.3 Å². The second-order valence-electron chi connectivity index (χ2n) is 22.5. The number of nitrogens with two attached hydrogens (primary N) is 2. The molecule has 0 spiro atoms. The molecule has 9 rings (SSSR count). The predicted molar refractivity (Wildman–Crippen MR) is 403 cm³/mol. The van der Waals surface area contributed by atoms with Gasteiger partial charge in [-0.3, -0.25) is 0 Å². The van der Waals surface area contributed by atoms with E-state index in [0.29, 0.717) is 12.6 Å². The molecule has 0 fully saturated rings. The summed E-state index contributed by atoms with van der Waals surface area (Å²) in [5.41, 5.74) is 19.1. The molecule has 0 aliphatic carbocycles. The number of hydrogen-bond donors (Lipinski definition) is 5. The fourth-order valence-electron chi connectivity index (χ4n) is 8.04. The molecule has 0 saturated heterocycles. The first-order valence-corrected chi connectivity index (χ1v) is 38.9. The highest BCUT2D eigenvalue weighted by Crippen LogP contribution is 2.28. The van der Waals surface area contributed by atoms with Crippen molar-refractivity contribution in [1.29, 1.82) is 0 Å². The Balaban J connectivity index is 0.000000604. The summed E-state index contributed by atoms with van der Waals surface area (Å²) in [7, 11) is -5.44. The van der Waals surface area contributed by atoms with Gasteiger partial charge in [-0.25, -0.2) is 66.6 Å². The van der Waals surface area contributed by atoms with Crippen LogP contribution in [0.2, 0.25) is 0 Å². The Morgan fingerprint density at radius 3 is 1.13 bits per heavy atom. The van der Waals surface area contributed by atoms with Crippen molar-refractivity contribution in [1.82, 2.24) is 33.3 Å². The standard InChI is InChI=1S/C21H25N3O2S.C17H20BrNO2S.C9H11BrFNO2S.C7H9N.C6H3BrClFO2S.C5H8N2.C3H9N.2CH4/c1-16(2)23-27(25,26)19-12-11-18(10-9-17-7-5-4-6-8-17)20(13-19)21-14-24(3)15-22-21;1-13(2)19-22(20,21)16-11-10-15(17(18)12-16)9-8-14-6-4-3-5-7-14;1-6(2)12-15(13,14)7-3-4-9(11)8(10)5-7;8-6-7-4-2-1-3-5-7;7-5-3-4(12(8,10)11)1-2-6(5)9;1-5-3-7(2)4-6-5;1-3(2)4;;/h4-8,11-16,23H,9-10H2,1-3H3;3-7,10-13,19H,8-9H2,1-2H3;3-6,12H,1-2H3;1-5H,6,8H2;1-3H;3-4H,1-2H3;3H,4H2,1-2H3;2*1H4. The van der Waals surface area contributed by atoms with Crippen molar-refractivity contribution in [3.05, 3.63) is 247 Å². The van der Waals surface area contributed by atoms with Gasteiger partial charge in [0.2, 0.25) is 30.1 Å². The van der Waals surface area contributed by atoms with E-state index >= 15 is 0 Å². The zero-order valence-corrected chi connectivity index (χ0v) is 63.6. The fourth-order valence-corrected chi connectivity index (χ4v) is 14.4. The zero-order valence-electron chi connectivity index (χ0n) is 54.9. The van der Waals surface area contributed by atoms with E-state index in [9.17, 15) is 42.5 Å². The van der Waals surface area contributed by atoms with Crippen LogP contribution in [-0.4, -0.2) is 76.9 Å². The van der Waals surface area contributed by atoms with Crippen molar-refractivity contribution < 1.29 is 42.5 Å². The molecule has 0 aliphatic heterocycles. The largest absolute Gasteiger partial charge is 0.340 e. The molecule has 2 aromatic heterocycles. The summed E-state index contributed by atoms with van der Waals surface area (Å²) in [5.74, 6) is -1.02. The smallest absolute Gasteiger partial charge is 0.261 e. The molecule has 532 valence electrons. The molecule has 7 N–H and O–H groups in total. The van der Waals surface area contributed by atoms with Crippen LogP contribution in [0.25, 0.3) is 11.3 Å². The second kappa shape index (κ2) is 43.6. The third-order valence-electron chi connectivity index (χ3n) is 12.2. The summed E-state index contributed by atoms with van der Waals surface area (Å²) >= 11 is 9.27. The van der Waals surface area contributed by atoms with Gasteiger partial charge in [0.15, 0.2) is 0 Å². The fraction of sp³-hybridized carbons (Fsp3) is 0.314. The maximum absolute atomic E-state index is 12.9. The molecule has 0 radical (unpaired) electrons. The summed E-state index contributed by atoms with van der Waals surface area (Å²) in [6.07, 6.45) is 10.9. The van der Waals surface area contributed by atoms with Gasteiger partial charge in [-0.2, -0.15) is 0 Å². The van der Waals surface area contributed by atoms with Crippen molar-refractivity contribution in [3.63, 3.8) is 0 Å². The number of nitrogens with one attached hydrogen (secondary N) is 3. The predicted octanol–water partition coefficient (Wildman–Crippen LogP) is 15.8. The van der Waals surface area contributed by atoms with Crippen LogP contribution in [0.5, 0.6) is 0 Å². The normalized spacial score (nSPS) is 11.1. The SMILES string of the molecule is C.C.CC(C)N.CC(C)NS(=O)(=O)c1ccc(CCc2ccccc2)c(-c2cn(C)cn2)c1.CC(C)NS(=O)(=O)c1ccc(CCc2ccccc2)c(Br)c1.CC(C)NS(=O)(=O)c1ccc(F)c(Br)c1.Cc1cn(C)cn1.NCc1ccccc1.O=S(=O)(Cl)c1ccc(F)c(Br)c1. The minimum absolute atomic E-state index is 0. The molecule has 0 aliphatic rings. The number of imidazole rings is 2. The number of benzene rings is 7. The van der Waals surface area contributed by atoms with E-state index in [1.54, 1.807) is 64.6 Å². The van der Waals surface area contributed by atoms with E-state index in [1.165, 1.54) is 28.8 Å². The van der Waals surface area contributed by atoms with Gasteiger partial charge in [-0.1, -0.05) is 148 Å². The molecule has 17 nitrogen and oxygen atoms in total. The van der Waals surface area contributed by atoms with E-state index in [1.807, 2.05) is 149 Å². The molecule has 0 atom stereocenters. The number of aryl methyl sites for hydroxylation is 7. The Kier molecular flexibility index (Phi) is 40.1. The minimum Gasteiger partial charge on any atom is -0.340 e. The van der Waals surface area contributed by atoms with E-state index < -0.39 is 50.8 Å². The molecule has 0 bridgehead atoms. The highest BCUT2D eigenvalue weighted by Gasteiger charge is 2.21. The zero-order chi connectivity index (χ0) is 71.3. The first kappa shape index (κ1) is 89.2. The van der Waals surface area contributed by atoms with Crippen molar-refractivity contribution in [2.75, 3.05) is 0 Å². The van der Waals surface area contributed by atoms with E-state index in [-0.39, 0.29) is 61.5 Å². The molecule has 0 saturated carbocycles. The first-order chi connectivity index (χ1) is 44.4. The summed E-state index contributed by atoms with van der Waals surface area (Å²) in [4.78, 5) is 8.88. The second-order valence-corrected chi connectivity index (χ2v) is 32.8. The number of halogens is 6. The highest BCUT2D eigenvalue weighted by molar-refractivity contribution is 9.11. The Morgan fingerprint density at radius 2 is 0.814 bits per heavy atom. The maximum atomic E-state index is 12.9. The van der Waals surface area contributed by atoms with Crippen LogP contribution in [0.3, 0.4) is 0 Å². The van der Waals surface area contributed by atoms with Gasteiger partial charge in [-0.05, 0) is 201 Å². The lowest BCUT2D eigenvalue weighted by Crippen LogP contribution is -2.30. The average Bonchev–Trinajstić information content (AvgIpc) is 1.79. The Morgan fingerprint density at radius 1 is 0.474 bits per heavy atom. The van der Waals surface area contributed by atoms with E-state index in [4.69, 9.17) is 22.1 Å². The Labute approximate surface area is 605 Å². The van der Waals surface area contributed by atoms with Crippen LogP contribution < -0.4 is 25.6 Å². The Bertz CT molecular complexity index is 4260. The summed E-state index contributed by atoms with van der Waals surface area (Å²) < 4.78 is 132. The Hall–Kier alpha value is -5.85. The number of rotatable bonds is 18. The number of aromatic nitrogens is 4. The third-order valence-corrected chi connectivity index (χ3v) is 20.5. The van der Waals surface area contributed by atoms with Crippen molar-refractivity contribution >= 4 is 97.6 Å². The summed E-state index contributed by atoms with van der Waals surface area (Å²) in [5, 5.41) is 0. The summed E-state index contributed by atoms with van der Waals surface area (Å²) in [6.45, 7) is 17.2.